The lowest BCUT2D eigenvalue weighted by Gasteiger charge is -2.29. The van der Waals surface area contributed by atoms with Crippen molar-refractivity contribution in [2.45, 2.75) is 32.5 Å². The molecule has 0 aliphatic rings. The first-order valence-electron chi connectivity index (χ1n) is 9.87. The summed E-state index contributed by atoms with van der Waals surface area (Å²) in [5.74, 6) is -0.386. The lowest BCUT2D eigenvalue weighted by molar-refractivity contribution is -0.140. The van der Waals surface area contributed by atoms with Crippen LogP contribution in [0.4, 0.5) is 0 Å². The quantitative estimate of drug-likeness (QED) is 0.536. The van der Waals surface area contributed by atoms with Gasteiger partial charge < -0.3 is 10.2 Å². The van der Waals surface area contributed by atoms with E-state index in [1.54, 1.807) is 48.5 Å². The van der Waals surface area contributed by atoms with Crippen molar-refractivity contribution in [3.05, 3.63) is 99.8 Å². The maximum absolute atomic E-state index is 13.2. The zero-order chi connectivity index (χ0) is 22.2. The van der Waals surface area contributed by atoms with Gasteiger partial charge in [0, 0.05) is 35.5 Å². The fourth-order valence-corrected chi connectivity index (χ4v) is 3.34. The van der Waals surface area contributed by atoms with Crippen LogP contribution in [0.1, 0.15) is 23.6 Å². The summed E-state index contributed by atoms with van der Waals surface area (Å²) in [4.78, 5) is 31.6. The summed E-state index contributed by atoms with van der Waals surface area (Å²) in [6, 6.07) is 17.4. The molecule has 3 rings (SSSR count). The van der Waals surface area contributed by atoms with Gasteiger partial charge in [-0.3, -0.25) is 14.6 Å². The summed E-state index contributed by atoms with van der Waals surface area (Å²) in [5.41, 5.74) is 2.61. The molecule has 0 aliphatic heterocycles. The van der Waals surface area contributed by atoms with Crippen LogP contribution in [0.15, 0.2) is 73.1 Å². The molecule has 0 bridgehead atoms. The number of benzene rings is 2. The van der Waals surface area contributed by atoms with Crippen molar-refractivity contribution in [2.24, 2.45) is 0 Å². The zero-order valence-electron chi connectivity index (χ0n) is 17.1. The Morgan fingerprint density at radius 2 is 1.55 bits per heavy atom. The largest absolute Gasteiger partial charge is 0.350 e. The van der Waals surface area contributed by atoms with Crippen LogP contribution in [-0.2, 0) is 29.1 Å². The summed E-state index contributed by atoms with van der Waals surface area (Å²) < 4.78 is 0. The monoisotopic (exact) mass is 455 g/mol. The highest BCUT2D eigenvalue weighted by molar-refractivity contribution is 6.30. The minimum atomic E-state index is -0.660. The second kappa shape index (κ2) is 10.9. The maximum Gasteiger partial charge on any atom is 0.242 e. The maximum atomic E-state index is 13.2. The molecule has 3 aromatic rings. The number of hydrogen-bond acceptors (Lipinski definition) is 3. The molecular weight excluding hydrogens is 433 g/mol. The first-order chi connectivity index (χ1) is 14.9. The van der Waals surface area contributed by atoms with E-state index in [1.165, 1.54) is 0 Å². The highest BCUT2D eigenvalue weighted by atomic mass is 35.5. The van der Waals surface area contributed by atoms with E-state index in [-0.39, 0.29) is 18.2 Å². The lowest BCUT2D eigenvalue weighted by Crippen LogP contribution is -2.48. The van der Waals surface area contributed by atoms with Crippen molar-refractivity contribution in [3.8, 4) is 0 Å². The third kappa shape index (κ3) is 6.81. The summed E-state index contributed by atoms with van der Waals surface area (Å²) in [5, 5.41) is 4.11. The fourth-order valence-electron chi connectivity index (χ4n) is 3.09. The predicted molar refractivity (Wildman–Crippen MR) is 123 cm³/mol. The average Bonchev–Trinajstić information content (AvgIpc) is 2.78. The standard InChI is InChI=1S/C24H23Cl2N3O2/c1-17(24(31)28-15-20-3-2-12-27-14-20)29(16-19-6-10-22(26)11-7-19)23(30)13-18-4-8-21(25)9-5-18/h2-12,14,17H,13,15-16H2,1H3,(H,28,31)/t17-/m1/s1. The Bertz CT molecular complexity index is 1010. The van der Waals surface area contributed by atoms with Crippen molar-refractivity contribution in [2.75, 3.05) is 0 Å². The molecule has 2 aromatic carbocycles. The van der Waals surface area contributed by atoms with Gasteiger partial charge in [0.25, 0.3) is 0 Å². The molecule has 0 spiro atoms. The van der Waals surface area contributed by atoms with Gasteiger partial charge in [0.15, 0.2) is 0 Å². The molecule has 0 radical (unpaired) electrons. The second-order valence-corrected chi connectivity index (χ2v) is 8.08. The van der Waals surface area contributed by atoms with Gasteiger partial charge in [-0.25, -0.2) is 0 Å². The first kappa shape index (κ1) is 22.8. The van der Waals surface area contributed by atoms with Gasteiger partial charge in [-0.2, -0.15) is 0 Å². The Morgan fingerprint density at radius 3 is 2.13 bits per heavy atom. The Kier molecular flexibility index (Phi) is 8.04. The summed E-state index contributed by atoms with van der Waals surface area (Å²) in [7, 11) is 0. The summed E-state index contributed by atoms with van der Waals surface area (Å²) in [6.45, 7) is 2.37. The SMILES string of the molecule is C[C@H](C(=O)NCc1cccnc1)N(Cc1ccc(Cl)cc1)C(=O)Cc1ccc(Cl)cc1. The molecule has 1 heterocycles. The Morgan fingerprint density at radius 1 is 0.935 bits per heavy atom. The Hall–Kier alpha value is -2.89. The average molecular weight is 456 g/mol. The second-order valence-electron chi connectivity index (χ2n) is 7.21. The van der Waals surface area contributed by atoms with E-state index >= 15 is 0 Å². The number of pyridine rings is 1. The van der Waals surface area contributed by atoms with Crippen molar-refractivity contribution >= 4 is 35.0 Å². The number of rotatable bonds is 8. The van der Waals surface area contributed by atoms with Gasteiger partial charge in [0.05, 0.1) is 6.42 Å². The van der Waals surface area contributed by atoms with Crippen LogP contribution in [-0.4, -0.2) is 27.7 Å². The number of halogens is 2. The highest BCUT2D eigenvalue weighted by Gasteiger charge is 2.26. The molecule has 1 aromatic heterocycles. The van der Waals surface area contributed by atoms with E-state index in [4.69, 9.17) is 23.2 Å². The number of nitrogens with one attached hydrogen (secondary N) is 1. The molecule has 0 saturated heterocycles. The molecule has 2 amide bonds. The highest BCUT2D eigenvalue weighted by Crippen LogP contribution is 2.16. The van der Waals surface area contributed by atoms with Gasteiger partial charge in [-0.15, -0.1) is 0 Å². The van der Waals surface area contributed by atoms with Crippen LogP contribution < -0.4 is 5.32 Å². The van der Waals surface area contributed by atoms with Crippen LogP contribution in [0.3, 0.4) is 0 Å². The minimum Gasteiger partial charge on any atom is -0.350 e. The normalized spacial score (nSPS) is 11.6. The van der Waals surface area contributed by atoms with Gasteiger partial charge >= 0.3 is 0 Å². The number of carbonyl (C=O) groups excluding carboxylic acids is 2. The minimum absolute atomic E-state index is 0.152. The number of nitrogens with zero attached hydrogens (tertiary/aromatic N) is 2. The summed E-state index contributed by atoms with van der Waals surface area (Å²) in [6.07, 6.45) is 3.55. The van der Waals surface area contributed by atoms with Gasteiger partial charge in [-0.1, -0.05) is 53.5 Å². The number of carbonyl (C=O) groups is 2. The summed E-state index contributed by atoms with van der Waals surface area (Å²) >= 11 is 11.9. The van der Waals surface area contributed by atoms with Crippen LogP contribution in [0.2, 0.25) is 10.0 Å². The Balaban J connectivity index is 1.74. The zero-order valence-corrected chi connectivity index (χ0v) is 18.6. The van der Waals surface area contributed by atoms with Gasteiger partial charge in [0.2, 0.25) is 11.8 Å². The number of hydrogen-bond donors (Lipinski definition) is 1. The lowest BCUT2D eigenvalue weighted by atomic mass is 10.1. The van der Waals surface area contributed by atoms with Crippen molar-refractivity contribution in [1.82, 2.24) is 15.2 Å². The van der Waals surface area contributed by atoms with E-state index in [0.29, 0.717) is 23.1 Å². The molecule has 5 nitrogen and oxygen atoms in total. The predicted octanol–water partition coefficient (Wildman–Crippen LogP) is 4.66. The molecule has 0 unspecified atom stereocenters. The number of amides is 2. The molecule has 0 fully saturated rings. The third-order valence-electron chi connectivity index (χ3n) is 4.89. The molecular formula is C24H23Cl2N3O2. The third-order valence-corrected chi connectivity index (χ3v) is 5.40. The van der Waals surface area contributed by atoms with E-state index in [1.807, 2.05) is 36.4 Å². The first-order valence-corrected chi connectivity index (χ1v) is 10.6. The van der Waals surface area contributed by atoms with Crippen molar-refractivity contribution in [1.29, 1.82) is 0 Å². The smallest absolute Gasteiger partial charge is 0.242 e. The molecule has 7 heteroatoms. The Labute approximate surface area is 192 Å². The topological polar surface area (TPSA) is 62.3 Å². The van der Waals surface area contributed by atoms with Gasteiger partial charge in [0.1, 0.15) is 6.04 Å². The fraction of sp³-hybridized carbons (Fsp3) is 0.208. The van der Waals surface area contributed by atoms with E-state index in [2.05, 4.69) is 10.3 Å². The molecule has 0 saturated carbocycles. The van der Waals surface area contributed by atoms with Crippen LogP contribution in [0.5, 0.6) is 0 Å². The van der Waals surface area contributed by atoms with Crippen LogP contribution >= 0.6 is 23.2 Å². The van der Waals surface area contributed by atoms with Crippen molar-refractivity contribution < 1.29 is 9.59 Å². The van der Waals surface area contributed by atoms with Crippen LogP contribution in [0.25, 0.3) is 0 Å². The van der Waals surface area contributed by atoms with Crippen LogP contribution in [0, 0.1) is 0 Å². The van der Waals surface area contributed by atoms with Gasteiger partial charge in [-0.05, 0) is 53.9 Å². The van der Waals surface area contributed by atoms with E-state index in [9.17, 15) is 9.59 Å². The molecule has 0 aliphatic carbocycles. The molecule has 1 N–H and O–H groups in total. The number of aromatic nitrogens is 1. The van der Waals surface area contributed by atoms with Crippen molar-refractivity contribution in [3.63, 3.8) is 0 Å². The van der Waals surface area contributed by atoms with E-state index < -0.39 is 6.04 Å². The molecule has 31 heavy (non-hydrogen) atoms. The molecule has 1 atom stereocenters. The van der Waals surface area contributed by atoms with E-state index in [0.717, 1.165) is 16.7 Å². The molecule has 160 valence electrons.